The molecule has 1 saturated heterocycles. The van der Waals surface area contributed by atoms with Gasteiger partial charge in [-0.2, -0.15) is 0 Å². The molecule has 0 radical (unpaired) electrons. The summed E-state index contributed by atoms with van der Waals surface area (Å²) in [6, 6.07) is 2.08. The molecule has 2 rings (SSSR count). The monoisotopic (exact) mass is 268 g/mol. The molecule has 0 atom stereocenters. The second-order valence-corrected chi connectivity index (χ2v) is 5.23. The Hall–Kier alpha value is -0.770. The van der Waals surface area contributed by atoms with Crippen LogP contribution >= 0.6 is 11.6 Å². The van der Waals surface area contributed by atoms with Crippen molar-refractivity contribution in [3.63, 3.8) is 0 Å². The van der Waals surface area contributed by atoms with Crippen LogP contribution in [0, 0.1) is 13.8 Å². The number of ether oxygens (including phenoxy) is 1. The Morgan fingerprint density at radius 3 is 2.56 bits per heavy atom. The molecule has 1 aromatic rings. The quantitative estimate of drug-likeness (QED) is 0.911. The smallest absolute Gasteiger partial charge is 0.126 e. The molecule has 1 aliphatic heterocycles. The predicted molar refractivity (Wildman–Crippen MR) is 75.6 cm³/mol. The van der Waals surface area contributed by atoms with E-state index in [4.69, 9.17) is 16.3 Å². The predicted octanol–water partition coefficient (Wildman–Crippen LogP) is 2.37. The lowest BCUT2D eigenvalue weighted by Gasteiger charge is -2.28. The Morgan fingerprint density at radius 1 is 1.28 bits per heavy atom. The van der Waals surface area contributed by atoms with E-state index in [9.17, 15) is 0 Å². The third-order valence-corrected chi connectivity index (χ3v) is 4.02. The summed E-state index contributed by atoms with van der Waals surface area (Å²) in [5.74, 6) is 0.924. The van der Waals surface area contributed by atoms with E-state index in [-0.39, 0.29) is 0 Å². The van der Waals surface area contributed by atoms with E-state index in [2.05, 4.69) is 23.2 Å². The van der Waals surface area contributed by atoms with Crippen molar-refractivity contribution in [2.75, 3.05) is 33.3 Å². The van der Waals surface area contributed by atoms with E-state index < -0.39 is 0 Å². The summed E-state index contributed by atoms with van der Waals surface area (Å²) in [4.78, 5) is 2.45. The molecule has 1 N–H and O–H groups in total. The van der Waals surface area contributed by atoms with Crippen molar-refractivity contribution in [3.05, 3.63) is 27.8 Å². The fraction of sp³-hybridized carbons (Fsp3) is 0.571. The van der Waals surface area contributed by atoms with Gasteiger partial charge in [0.1, 0.15) is 5.75 Å². The van der Waals surface area contributed by atoms with Crippen molar-refractivity contribution in [1.29, 1.82) is 0 Å². The molecular weight excluding hydrogens is 248 g/mol. The number of benzene rings is 1. The van der Waals surface area contributed by atoms with Crippen LogP contribution in [-0.2, 0) is 6.54 Å². The maximum Gasteiger partial charge on any atom is 0.126 e. The van der Waals surface area contributed by atoms with E-state index in [1.54, 1.807) is 7.11 Å². The van der Waals surface area contributed by atoms with Crippen LogP contribution in [-0.4, -0.2) is 38.2 Å². The summed E-state index contributed by atoms with van der Waals surface area (Å²) >= 11 is 6.28. The van der Waals surface area contributed by atoms with Gasteiger partial charge in [-0.1, -0.05) is 11.6 Å². The van der Waals surface area contributed by atoms with E-state index in [0.29, 0.717) is 0 Å². The van der Waals surface area contributed by atoms with Gasteiger partial charge in [-0.15, -0.1) is 0 Å². The van der Waals surface area contributed by atoms with Gasteiger partial charge in [-0.05, 0) is 31.0 Å². The van der Waals surface area contributed by atoms with Gasteiger partial charge in [0.25, 0.3) is 0 Å². The van der Waals surface area contributed by atoms with Crippen LogP contribution in [0.3, 0.4) is 0 Å². The topological polar surface area (TPSA) is 24.5 Å². The zero-order valence-corrected chi connectivity index (χ0v) is 12.1. The second-order valence-electron chi connectivity index (χ2n) is 4.83. The van der Waals surface area contributed by atoms with Crippen LogP contribution in [0.4, 0.5) is 0 Å². The van der Waals surface area contributed by atoms with Gasteiger partial charge < -0.3 is 10.1 Å². The first-order valence-electron chi connectivity index (χ1n) is 6.39. The Morgan fingerprint density at radius 2 is 1.94 bits per heavy atom. The molecule has 4 heteroatoms. The summed E-state index contributed by atoms with van der Waals surface area (Å²) < 4.78 is 5.47. The Bertz CT molecular complexity index is 428. The van der Waals surface area contributed by atoms with Crippen molar-refractivity contribution < 1.29 is 4.74 Å². The van der Waals surface area contributed by atoms with Gasteiger partial charge in [0.05, 0.1) is 7.11 Å². The summed E-state index contributed by atoms with van der Waals surface area (Å²) in [5.41, 5.74) is 3.50. The number of halogens is 1. The fourth-order valence-corrected chi connectivity index (χ4v) is 2.70. The molecular formula is C14H21ClN2O. The van der Waals surface area contributed by atoms with Crippen molar-refractivity contribution in [2.24, 2.45) is 0 Å². The average Bonchev–Trinajstić information content (AvgIpc) is 2.38. The first-order valence-corrected chi connectivity index (χ1v) is 6.77. The first kappa shape index (κ1) is 13.7. The molecule has 100 valence electrons. The molecule has 1 aromatic carbocycles. The van der Waals surface area contributed by atoms with E-state index >= 15 is 0 Å². The molecule has 1 fully saturated rings. The van der Waals surface area contributed by atoms with Gasteiger partial charge in [-0.25, -0.2) is 0 Å². The maximum atomic E-state index is 6.28. The van der Waals surface area contributed by atoms with E-state index in [0.717, 1.165) is 49.1 Å². The fourth-order valence-electron chi connectivity index (χ4n) is 2.49. The van der Waals surface area contributed by atoms with Crippen LogP contribution in [0.2, 0.25) is 5.02 Å². The molecule has 0 saturated carbocycles. The number of methoxy groups -OCH3 is 1. The van der Waals surface area contributed by atoms with Crippen molar-refractivity contribution >= 4 is 11.6 Å². The van der Waals surface area contributed by atoms with E-state index in [1.165, 1.54) is 11.1 Å². The lowest BCUT2D eigenvalue weighted by molar-refractivity contribution is 0.232. The van der Waals surface area contributed by atoms with Crippen molar-refractivity contribution in [1.82, 2.24) is 10.2 Å². The molecule has 0 bridgehead atoms. The van der Waals surface area contributed by atoms with Crippen LogP contribution < -0.4 is 10.1 Å². The maximum absolute atomic E-state index is 6.28. The number of rotatable bonds is 3. The number of hydrogen-bond donors (Lipinski definition) is 1. The molecule has 1 aliphatic rings. The minimum Gasteiger partial charge on any atom is -0.496 e. The zero-order valence-electron chi connectivity index (χ0n) is 11.3. The normalized spacial score (nSPS) is 16.9. The average molecular weight is 269 g/mol. The molecule has 3 nitrogen and oxygen atoms in total. The molecule has 0 spiro atoms. The summed E-state index contributed by atoms with van der Waals surface area (Å²) in [6.45, 7) is 9.37. The number of nitrogens with zero attached hydrogens (tertiary/aromatic N) is 1. The molecule has 0 aromatic heterocycles. The lowest BCUT2D eigenvalue weighted by atomic mass is 10.0. The minimum absolute atomic E-state index is 0.794. The van der Waals surface area contributed by atoms with Crippen LogP contribution in [0.15, 0.2) is 6.07 Å². The van der Waals surface area contributed by atoms with Gasteiger partial charge in [0, 0.05) is 43.3 Å². The highest BCUT2D eigenvalue weighted by Gasteiger charge is 2.16. The molecule has 0 amide bonds. The highest BCUT2D eigenvalue weighted by Crippen LogP contribution is 2.32. The lowest BCUT2D eigenvalue weighted by Crippen LogP contribution is -2.43. The molecule has 18 heavy (non-hydrogen) atoms. The van der Waals surface area contributed by atoms with Gasteiger partial charge >= 0.3 is 0 Å². The van der Waals surface area contributed by atoms with Gasteiger partial charge in [-0.3, -0.25) is 4.90 Å². The first-order chi connectivity index (χ1) is 8.63. The number of hydrogen-bond acceptors (Lipinski definition) is 3. The Kier molecular flexibility index (Phi) is 4.49. The summed E-state index contributed by atoms with van der Waals surface area (Å²) in [6.07, 6.45) is 0. The van der Waals surface area contributed by atoms with Gasteiger partial charge in [0.2, 0.25) is 0 Å². The SMILES string of the molecule is COc1c(C)c(Cl)cc(CN2CCNCC2)c1C. The molecule has 0 aliphatic carbocycles. The Labute approximate surface area is 114 Å². The minimum atomic E-state index is 0.794. The Balaban J connectivity index is 2.24. The second kappa shape index (κ2) is 5.91. The van der Waals surface area contributed by atoms with Crippen molar-refractivity contribution in [2.45, 2.75) is 20.4 Å². The van der Waals surface area contributed by atoms with Crippen LogP contribution in [0.5, 0.6) is 5.75 Å². The zero-order chi connectivity index (χ0) is 13.1. The third-order valence-electron chi connectivity index (χ3n) is 3.63. The third kappa shape index (κ3) is 2.79. The molecule has 0 unspecified atom stereocenters. The highest BCUT2D eigenvalue weighted by molar-refractivity contribution is 6.31. The van der Waals surface area contributed by atoms with Gasteiger partial charge in [0.15, 0.2) is 0 Å². The van der Waals surface area contributed by atoms with Crippen LogP contribution in [0.25, 0.3) is 0 Å². The molecule has 1 heterocycles. The van der Waals surface area contributed by atoms with Crippen LogP contribution in [0.1, 0.15) is 16.7 Å². The number of piperazine rings is 1. The van der Waals surface area contributed by atoms with E-state index in [1.807, 2.05) is 6.92 Å². The largest absolute Gasteiger partial charge is 0.496 e. The summed E-state index contributed by atoms with van der Waals surface area (Å²) in [7, 11) is 1.71. The number of nitrogens with one attached hydrogen (secondary N) is 1. The highest BCUT2D eigenvalue weighted by atomic mass is 35.5. The summed E-state index contributed by atoms with van der Waals surface area (Å²) in [5, 5.41) is 4.16. The standard InChI is InChI=1S/C14H21ClN2O/c1-10-12(9-17-6-4-16-5-7-17)8-13(15)11(2)14(10)18-3/h8,16H,4-7,9H2,1-3H3. The van der Waals surface area contributed by atoms with Crippen molar-refractivity contribution in [3.8, 4) is 5.75 Å².